The van der Waals surface area contributed by atoms with Crippen LogP contribution in [0.2, 0.25) is 10.0 Å². The Hall–Kier alpha value is -1.04. The fraction of sp³-hybridized carbons (Fsp3) is 0.571. The highest BCUT2D eigenvalue weighted by Gasteiger charge is 2.51. The summed E-state index contributed by atoms with van der Waals surface area (Å²) in [7, 11) is 1.91. The summed E-state index contributed by atoms with van der Waals surface area (Å²) in [6.45, 7) is 4.20. The van der Waals surface area contributed by atoms with Crippen molar-refractivity contribution in [3.05, 3.63) is 32.3 Å². The molecule has 2 rings (SSSR count). The summed E-state index contributed by atoms with van der Waals surface area (Å²) in [6, 6.07) is 3.00. The van der Waals surface area contributed by atoms with Gasteiger partial charge in [-0.15, -0.1) is 0 Å². The molecule has 3 unspecified atom stereocenters. The van der Waals surface area contributed by atoms with Gasteiger partial charge in [-0.3, -0.25) is 10.1 Å². The zero-order valence-corrected chi connectivity index (χ0v) is 13.7. The van der Waals surface area contributed by atoms with Gasteiger partial charge >= 0.3 is 5.69 Å². The summed E-state index contributed by atoms with van der Waals surface area (Å²) in [6.07, 6.45) is 1.63. The van der Waals surface area contributed by atoms with Gasteiger partial charge in [-0.2, -0.15) is 0 Å². The molecule has 1 saturated carbocycles. The van der Waals surface area contributed by atoms with Crippen LogP contribution in [-0.4, -0.2) is 24.1 Å². The number of benzene rings is 1. The van der Waals surface area contributed by atoms with Crippen LogP contribution >= 0.6 is 23.2 Å². The predicted molar refractivity (Wildman–Crippen MR) is 83.4 cm³/mol. The van der Waals surface area contributed by atoms with Gasteiger partial charge < -0.3 is 10.1 Å². The molecule has 0 amide bonds. The van der Waals surface area contributed by atoms with Crippen LogP contribution in [0.1, 0.15) is 26.7 Å². The number of nitrogens with one attached hydrogen (secondary N) is 1. The van der Waals surface area contributed by atoms with Crippen LogP contribution in [0.15, 0.2) is 12.1 Å². The monoisotopic (exact) mass is 332 g/mol. The number of halogens is 2. The number of hydrogen-bond acceptors (Lipinski definition) is 4. The van der Waals surface area contributed by atoms with Crippen LogP contribution < -0.4 is 10.1 Å². The third kappa shape index (κ3) is 2.82. The summed E-state index contributed by atoms with van der Waals surface area (Å²) in [4.78, 5) is 10.6. The molecule has 0 spiro atoms. The van der Waals surface area contributed by atoms with Crippen LogP contribution in [0.4, 0.5) is 5.69 Å². The van der Waals surface area contributed by atoms with Crippen molar-refractivity contribution in [3.8, 4) is 5.75 Å². The third-order valence-electron chi connectivity index (χ3n) is 4.56. The maximum atomic E-state index is 11.1. The van der Waals surface area contributed by atoms with Gasteiger partial charge in [0.2, 0.25) is 0 Å². The Labute approximate surface area is 133 Å². The second-order valence-corrected chi connectivity index (χ2v) is 6.35. The summed E-state index contributed by atoms with van der Waals surface area (Å²) in [5.41, 5.74) is -0.217. The molecule has 1 aromatic rings. The Balaban J connectivity index is 2.28. The van der Waals surface area contributed by atoms with E-state index in [0.717, 1.165) is 12.8 Å². The van der Waals surface area contributed by atoms with Crippen LogP contribution in [0.3, 0.4) is 0 Å². The molecule has 0 bridgehead atoms. The Morgan fingerprint density at radius 1 is 1.48 bits per heavy atom. The Morgan fingerprint density at radius 3 is 2.62 bits per heavy atom. The third-order valence-corrected chi connectivity index (χ3v) is 5.28. The number of nitro groups is 1. The number of ether oxygens (including phenoxy) is 1. The van der Waals surface area contributed by atoms with E-state index in [1.807, 2.05) is 7.05 Å². The molecule has 0 saturated heterocycles. The molecule has 1 aliphatic rings. The standard InChI is InChI=1S/C14H18Cl2N2O3/c1-4-14(2)12(17-3)7-13(14)21-11-6-9(16)8(15)5-10(11)18(19)20/h5-6,12-13,17H,4,7H2,1-3H3. The number of rotatable bonds is 5. The molecule has 0 aromatic heterocycles. The second kappa shape index (κ2) is 5.99. The van der Waals surface area contributed by atoms with Crippen molar-refractivity contribution < 1.29 is 9.66 Å². The minimum atomic E-state index is -0.505. The van der Waals surface area contributed by atoms with E-state index in [1.165, 1.54) is 12.1 Å². The number of nitrogens with zero attached hydrogens (tertiary/aromatic N) is 1. The molecule has 1 N–H and O–H groups in total. The van der Waals surface area contributed by atoms with Crippen molar-refractivity contribution in [2.24, 2.45) is 5.41 Å². The van der Waals surface area contributed by atoms with Gasteiger partial charge in [0.25, 0.3) is 0 Å². The largest absolute Gasteiger partial charge is 0.483 e. The maximum Gasteiger partial charge on any atom is 0.312 e. The summed E-state index contributed by atoms with van der Waals surface area (Å²) in [5, 5.41) is 14.8. The lowest BCUT2D eigenvalue weighted by molar-refractivity contribution is -0.386. The van der Waals surface area contributed by atoms with Gasteiger partial charge in [-0.25, -0.2) is 0 Å². The van der Waals surface area contributed by atoms with Crippen LogP contribution in [0.25, 0.3) is 0 Å². The molecule has 0 aliphatic heterocycles. The van der Waals surface area contributed by atoms with Gasteiger partial charge in [-0.1, -0.05) is 37.0 Å². The van der Waals surface area contributed by atoms with Crippen molar-refractivity contribution in [1.29, 1.82) is 0 Å². The van der Waals surface area contributed by atoms with E-state index in [2.05, 4.69) is 19.2 Å². The first-order chi connectivity index (χ1) is 9.83. The molecule has 5 nitrogen and oxygen atoms in total. The Morgan fingerprint density at radius 2 is 2.10 bits per heavy atom. The van der Waals surface area contributed by atoms with Gasteiger partial charge in [0, 0.05) is 30.0 Å². The van der Waals surface area contributed by atoms with Gasteiger partial charge in [0.1, 0.15) is 6.10 Å². The zero-order chi connectivity index (χ0) is 15.8. The van der Waals surface area contributed by atoms with E-state index >= 15 is 0 Å². The van der Waals surface area contributed by atoms with E-state index in [9.17, 15) is 10.1 Å². The average molecular weight is 333 g/mol. The Bertz CT molecular complexity index is 567. The fourth-order valence-corrected chi connectivity index (χ4v) is 3.14. The van der Waals surface area contributed by atoms with Crippen LogP contribution in [-0.2, 0) is 0 Å². The molecular formula is C14H18Cl2N2O3. The summed E-state index contributed by atoms with van der Waals surface area (Å²) in [5.74, 6) is 0.175. The molecule has 116 valence electrons. The highest BCUT2D eigenvalue weighted by Crippen LogP contribution is 2.47. The van der Waals surface area contributed by atoms with E-state index < -0.39 is 4.92 Å². The zero-order valence-electron chi connectivity index (χ0n) is 12.2. The predicted octanol–water partition coefficient (Wildman–Crippen LogP) is 4.06. The highest BCUT2D eigenvalue weighted by molar-refractivity contribution is 6.42. The Kier molecular flexibility index (Phi) is 4.66. The molecule has 3 atom stereocenters. The van der Waals surface area contributed by atoms with Crippen LogP contribution in [0.5, 0.6) is 5.75 Å². The molecule has 1 fully saturated rings. The van der Waals surface area contributed by atoms with Crippen molar-refractivity contribution in [2.45, 2.75) is 38.8 Å². The minimum Gasteiger partial charge on any atom is -0.483 e. The normalized spacial score (nSPS) is 28.0. The molecule has 0 radical (unpaired) electrons. The molecular weight excluding hydrogens is 315 g/mol. The van der Waals surface area contributed by atoms with Gasteiger partial charge in [0.05, 0.1) is 15.0 Å². The van der Waals surface area contributed by atoms with Crippen molar-refractivity contribution in [1.82, 2.24) is 5.32 Å². The van der Waals surface area contributed by atoms with Crippen molar-refractivity contribution in [3.63, 3.8) is 0 Å². The first-order valence-electron chi connectivity index (χ1n) is 6.80. The van der Waals surface area contributed by atoms with Gasteiger partial charge in [-0.05, 0) is 13.5 Å². The quantitative estimate of drug-likeness (QED) is 0.652. The first kappa shape index (κ1) is 16.3. The lowest BCUT2D eigenvalue weighted by atomic mass is 9.61. The topological polar surface area (TPSA) is 64.4 Å². The number of hydrogen-bond donors (Lipinski definition) is 1. The molecule has 0 heterocycles. The first-order valence-corrected chi connectivity index (χ1v) is 7.56. The lowest BCUT2D eigenvalue weighted by Crippen LogP contribution is -2.62. The van der Waals surface area contributed by atoms with E-state index in [-0.39, 0.29) is 33.0 Å². The SMILES string of the molecule is CCC1(C)C(NC)CC1Oc1cc(Cl)c(Cl)cc1[N+](=O)[O-]. The van der Waals surface area contributed by atoms with Crippen molar-refractivity contribution >= 4 is 28.9 Å². The van der Waals surface area contributed by atoms with Gasteiger partial charge in [0.15, 0.2) is 5.75 Å². The molecule has 1 aliphatic carbocycles. The average Bonchev–Trinajstić information content (AvgIpc) is 2.44. The molecule has 21 heavy (non-hydrogen) atoms. The van der Waals surface area contributed by atoms with Crippen LogP contribution in [0, 0.1) is 15.5 Å². The van der Waals surface area contributed by atoms with E-state index in [1.54, 1.807) is 0 Å². The second-order valence-electron chi connectivity index (χ2n) is 5.53. The lowest BCUT2D eigenvalue weighted by Gasteiger charge is -2.53. The van der Waals surface area contributed by atoms with Crippen molar-refractivity contribution in [2.75, 3.05) is 7.05 Å². The summed E-state index contributed by atoms with van der Waals surface area (Å²) < 4.78 is 5.89. The number of nitro benzene ring substituents is 1. The smallest absolute Gasteiger partial charge is 0.312 e. The minimum absolute atomic E-state index is 0.0608. The maximum absolute atomic E-state index is 11.1. The summed E-state index contributed by atoms with van der Waals surface area (Å²) >= 11 is 11.8. The molecule has 7 heteroatoms. The van der Waals surface area contributed by atoms with E-state index in [0.29, 0.717) is 6.04 Å². The van der Waals surface area contributed by atoms with E-state index in [4.69, 9.17) is 27.9 Å². The fourth-order valence-electron chi connectivity index (χ4n) is 2.83. The highest BCUT2D eigenvalue weighted by atomic mass is 35.5. The molecule has 1 aromatic carbocycles.